The van der Waals surface area contributed by atoms with E-state index in [1.165, 1.54) is 13.3 Å². The molecule has 0 saturated heterocycles. The highest BCUT2D eigenvalue weighted by molar-refractivity contribution is 5.97. The van der Waals surface area contributed by atoms with Gasteiger partial charge >= 0.3 is 0 Å². The summed E-state index contributed by atoms with van der Waals surface area (Å²) in [5, 5.41) is 6.39. The van der Waals surface area contributed by atoms with Crippen LogP contribution in [0.15, 0.2) is 41.5 Å². The van der Waals surface area contributed by atoms with Crippen LogP contribution >= 0.6 is 0 Å². The molecule has 0 saturated carbocycles. The van der Waals surface area contributed by atoms with Crippen LogP contribution in [0, 0.1) is 0 Å². The average molecular weight is 385 g/mol. The predicted molar refractivity (Wildman–Crippen MR) is 100 cm³/mol. The van der Waals surface area contributed by atoms with Crippen LogP contribution < -0.4 is 29.7 Å². The van der Waals surface area contributed by atoms with Crippen molar-refractivity contribution in [3.8, 4) is 23.0 Å². The summed E-state index contributed by atoms with van der Waals surface area (Å²) in [7, 11) is 3.08. The SMILES string of the molecule is COc1ccc(OC)c(/C=N/NC(=O)CNC(=O)c2ccc3c(c2)OCO3)c1. The van der Waals surface area contributed by atoms with Crippen molar-refractivity contribution in [2.75, 3.05) is 27.6 Å². The first-order valence-corrected chi connectivity index (χ1v) is 8.32. The molecule has 9 heteroatoms. The fourth-order valence-corrected chi connectivity index (χ4v) is 2.45. The van der Waals surface area contributed by atoms with Gasteiger partial charge in [0.05, 0.1) is 27.0 Å². The molecule has 2 N–H and O–H groups in total. The standard InChI is InChI=1S/C19H19N3O6/c1-25-14-4-6-15(26-2)13(7-14)9-21-22-18(23)10-20-19(24)12-3-5-16-17(8-12)28-11-27-16/h3-9H,10-11H2,1-2H3,(H,20,24)(H,22,23)/b21-9+. The maximum Gasteiger partial charge on any atom is 0.259 e. The van der Waals surface area contributed by atoms with Crippen LogP contribution in [-0.4, -0.2) is 45.6 Å². The van der Waals surface area contributed by atoms with Gasteiger partial charge in [-0.3, -0.25) is 9.59 Å². The molecule has 1 aliphatic heterocycles. The van der Waals surface area contributed by atoms with E-state index in [-0.39, 0.29) is 13.3 Å². The first-order valence-electron chi connectivity index (χ1n) is 8.32. The van der Waals surface area contributed by atoms with Crippen molar-refractivity contribution >= 4 is 18.0 Å². The van der Waals surface area contributed by atoms with Gasteiger partial charge in [-0.2, -0.15) is 5.10 Å². The second-order valence-corrected chi connectivity index (χ2v) is 5.65. The Hall–Kier alpha value is -3.75. The van der Waals surface area contributed by atoms with Crippen molar-refractivity contribution in [2.24, 2.45) is 5.10 Å². The molecule has 0 aliphatic carbocycles. The summed E-state index contributed by atoms with van der Waals surface area (Å²) < 4.78 is 20.8. The van der Waals surface area contributed by atoms with E-state index >= 15 is 0 Å². The smallest absolute Gasteiger partial charge is 0.259 e. The number of carbonyl (C=O) groups excluding carboxylic acids is 2. The summed E-state index contributed by atoms with van der Waals surface area (Å²) in [5.41, 5.74) is 3.34. The van der Waals surface area contributed by atoms with Crippen molar-refractivity contribution in [1.29, 1.82) is 0 Å². The minimum absolute atomic E-state index is 0.124. The Morgan fingerprint density at radius 3 is 2.71 bits per heavy atom. The van der Waals surface area contributed by atoms with E-state index in [9.17, 15) is 9.59 Å². The van der Waals surface area contributed by atoms with E-state index < -0.39 is 11.8 Å². The third-order valence-corrected chi connectivity index (χ3v) is 3.87. The van der Waals surface area contributed by atoms with Gasteiger partial charge in [0, 0.05) is 11.1 Å². The molecule has 0 bridgehead atoms. The lowest BCUT2D eigenvalue weighted by molar-refractivity contribution is -0.120. The molecule has 1 aliphatic rings. The summed E-state index contributed by atoms with van der Waals surface area (Å²) in [4.78, 5) is 24.0. The quantitative estimate of drug-likeness (QED) is 0.550. The molecule has 0 aromatic heterocycles. The molecule has 2 aromatic rings. The molecular formula is C19H19N3O6. The third-order valence-electron chi connectivity index (χ3n) is 3.87. The maximum absolute atomic E-state index is 12.1. The zero-order chi connectivity index (χ0) is 19.9. The first-order chi connectivity index (χ1) is 13.6. The van der Waals surface area contributed by atoms with Crippen molar-refractivity contribution in [3.63, 3.8) is 0 Å². The Morgan fingerprint density at radius 1 is 1.11 bits per heavy atom. The van der Waals surface area contributed by atoms with Crippen LogP contribution in [0.3, 0.4) is 0 Å². The Morgan fingerprint density at radius 2 is 1.93 bits per heavy atom. The molecule has 2 amide bonds. The Balaban J connectivity index is 1.52. The molecule has 3 rings (SSSR count). The van der Waals surface area contributed by atoms with Crippen molar-refractivity contribution in [2.45, 2.75) is 0 Å². The molecule has 0 spiro atoms. The topological polar surface area (TPSA) is 107 Å². The molecule has 146 valence electrons. The summed E-state index contributed by atoms with van der Waals surface area (Å²) in [6, 6.07) is 9.99. The van der Waals surface area contributed by atoms with Gasteiger partial charge in [-0.15, -0.1) is 0 Å². The van der Waals surface area contributed by atoms with Gasteiger partial charge < -0.3 is 24.3 Å². The molecule has 0 unspecified atom stereocenters. The summed E-state index contributed by atoms with van der Waals surface area (Å²) in [6.07, 6.45) is 1.43. The maximum atomic E-state index is 12.1. The summed E-state index contributed by atoms with van der Waals surface area (Å²) >= 11 is 0. The van der Waals surface area contributed by atoms with Gasteiger partial charge in [0.15, 0.2) is 11.5 Å². The van der Waals surface area contributed by atoms with Gasteiger partial charge in [-0.05, 0) is 36.4 Å². The molecule has 0 atom stereocenters. The molecule has 0 fully saturated rings. The van der Waals surface area contributed by atoms with Crippen LogP contribution in [0.5, 0.6) is 23.0 Å². The molecule has 9 nitrogen and oxygen atoms in total. The van der Waals surface area contributed by atoms with E-state index in [0.29, 0.717) is 34.1 Å². The first kappa shape index (κ1) is 19.0. The predicted octanol–water partition coefficient (Wildman–Crippen LogP) is 1.31. The summed E-state index contributed by atoms with van der Waals surface area (Å²) in [5.74, 6) is 1.39. The van der Waals surface area contributed by atoms with E-state index in [0.717, 1.165) is 0 Å². The molecule has 1 heterocycles. The van der Waals surface area contributed by atoms with Crippen molar-refractivity contribution in [1.82, 2.24) is 10.7 Å². The third kappa shape index (κ3) is 4.50. The van der Waals surface area contributed by atoms with Gasteiger partial charge in [-0.1, -0.05) is 0 Å². The monoisotopic (exact) mass is 385 g/mol. The number of nitrogens with one attached hydrogen (secondary N) is 2. The number of hydrazone groups is 1. The van der Waals surface area contributed by atoms with Crippen LogP contribution in [-0.2, 0) is 4.79 Å². The number of nitrogens with zero attached hydrogens (tertiary/aromatic N) is 1. The van der Waals surface area contributed by atoms with E-state index in [2.05, 4.69) is 15.8 Å². The lowest BCUT2D eigenvalue weighted by Gasteiger charge is -2.07. The Kier molecular flexibility index (Phi) is 5.95. The van der Waals surface area contributed by atoms with Gasteiger partial charge in [-0.25, -0.2) is 5.43 Å². The number of rotatable bonds is 7. The van der Waals surface area contributed by atoms with E-state index in [1.807, 2.05) is 0 Å². The largest absolute Gasteiger partial charge is 0.497 e. The molecule has 0 radical (unpaired) electrons. The highest BCUT2D eigenvalue weighted by Gasteiger charge is 2.16. The van der Waals surface area contributed by atoms with Gasteiger partial charge in [0.25, 0.3) is 11.8 Å². The molecule has 28 heavy (non-hydrogen) atoms. The number of ether oxygens (including phenoxy) is 4. The van der Waals surface area contributed by atoms with Gasteiger partial charge in [0.2, 0.25) is 6.79 Å². The van der Waals surface area contributed by atoms with Crippen molar-refractivity contribution in [3.05, 3.63) is 47.5 Å². The van der Waals surface area contributed by atoms with E-state index in [4.69, 9.17) is 18.9 Å². The number of hydrogen-bond donors (Lipinski definition) is 2. The normalized spacial score (nSPS) is 11.9. The highest BCUT2D eigenvalue weighted by Crippen LogP contribution is 2.32. The number of amides is 2. The fourth-order valence-electron chi connectivity index (χ4n) is 2.45. The summed E-state index contributed by atoms with van der Waals surface area (Å²) in [6.45, 7) is -0.112. The molecule has 2 aromatic carbocycles. The fraction of sp³-hybridized carbons (Fsp3) is 0.211. The second-order valence-electron chi connectivity index (χ2n) is 5.65. The zero-order valence-electron chi connectivity index (χ0n) is 15.4. The lowest BCUT2D eigenvalue weighted by atomic mass is 10.2. The van der Waals surface area contributed by atoms with Crippen LogP contribution in [0.1, 0.15) is 15.9 Å². The zero-order valence-corrected chi connectivity index (χ0v) is 15.4. The Bertz CT molecular complexity index is 913. The lowest BCUT2D eigenvalue weighted by Crippen LogP contribution is -2.34. The minimum atomic E-state index is -0.479. The van der Waals surface area contributed by atoms with Crippen LogP contribution in [0.4, 0.5) is 0 Å². The van der Waals surface area contributed by atoms with Crippen molar-refractivity contribution < 1.29 is 28.5 Å². The van der Waals surface area contributed by atoms with Crippen LogP contribution in [0.2, 0.25) is 0 Å². The average Bonchev–Trinajstić information content (AvgIpc) is 3.19. The van der Waals surface area contributed by atoms with Crippen LogP contribution in [0.25, 0.3) is 0 Å². The van der Waals surface area contributed by atoms with E-state index in [1.54, 1.807) is 43.5 Å². The van der Waals surface area contributed by atoms with Gasteiger partial charge in [0.1, 0.15) is 11.5 Å². The molecular weight excluding hydrogens is 366 g/mol. The highest BCUT2D eigenvalue weighted by atomic mass is 16.7. The number of methoxy groups -OCH3 is 2. The number of carbonyl (C=O) groups is 2. The number of hydrogen-bond acceptors (Lipinski definition) is 7. The Labute approximate surface area is 161 Å². The minimum Gasteiger partial charge on any atom is -0.497 e. The second kappa shape index (κ2) is 8.76. The number of benzene rings is 2. The number of fused-ring (bicyclic) bond motifs is 1.